The molecule has 2 rings (SSSR count). The zero-order valence-electron chi connectivity index (χ0n) is 7.89. The fourth-order valence-corrected chi connectivity index (χ4v) is 1.30. The van der Waals surface area contributed by atoms with E-state index in [4.69, 9.17) is 11.6 Å². The van der Waals surface area contributed by atoms with Crippen LogP contribution in [0.4, 0.5) is 5.82 Å². The predicted octanol–water partition coefficient (Wildman–Crippen LogP) is 2.14. The Labute approximate surface area is 92.4 Å². The molecule has 0 bridgehead atoms. The van der Waals surface area contributed by atoms with Gasteiger partial charge in [0.2, 0.25) is 0 Å². The van der Waals surface area contributed by atoms with Crippen molar-refractivity contribution >= 4 is 17.4 Å². The molecule has 0 amide bonds. The number of anilines is 1. The van der Waals surface area contributed by atoms with Crippen molar-refractivity contribution in [1.29, 1.82) is 0 Å². The van der Waals surface area contributed by atoms with Crippen LogP contribution in [0.15, 0.2) is 36.9 Å². The molecule has 0 aromatic carbocycles. The van der Waals surface area contributed by atoms with Crippen molar-refractivity contribution in [3.8, 4) is 0 Å². The summed E-state index contributed by atoms with van der Waals surface area (Å²) in [6, 6.07) is 5.42. The van der Waals surface area contributed by atoms with Crippen LogP contribution >= 0.6 is 11.6 Å². The molecule has 15 heavy (non-hydrogen) atoms. The summed E-state index contributed by atoms with van der Waals surface area (Å²) >= 11 is 5.93. The lowest BCUT2D eigenvalue weighted by atomic mass is 10.4. The first-order chi connectivity index (χ1) is 7.36. The van der Waals surface area contributed by atoms with E-state index in [-0.39, 0.29) is 0 Å². The van der Waals surface area contributed by atoms with Gasteiger partial charge >= 0.3 is 0 Å². The maximum atomic E-state index is 5.93. The van der Waals surface area contributed by atoms with Gasteiger partial charge in [-0.25, -0.2) is 15.0 Å². The standard InChI is InChI=1S/C10H9ClN4/c11-9-2-1-4-13-10(9)14-6-8-3-5-12-7-15-8/h1-5,7H,6H2,(H,13,14). The molecule has 0 spiro atoms. The molecule has 0 atom stereocenters. The number of nitrogens with one attached hydrogen (secondary N) is 1. The van der Waals surface area contributed by atoms with Gasteiger partial charge in [0.25, 0.3) is 0 Å². The molecule has 0 aliphatic rings. The number of halogens is 1. The molecule has 4 nitrogen and oxygen atoms in total. The van der Waals surface area contributed by atoms with Crippen LogP contribution in [0.2, 0.25) is 5.02 Å². The van der Waals surface area contributed by atoms with E-state index in [2.05, 4.69) is 20.3 Å². The Bertz CT molecular complexity index is 432. The summed E-state index contributed by atoms with van der Waals surface area (Å²) in [5, 5.41) is 3.70. The number of hydrogen-bond acceptors (Lipinski definition) is 4. The van der Waals surface area contributed by atoms with Gasteiger partial charge in [-0.2, -0.15) is 0 Å². The Morgan fingerprint density at radius 1 is 1.20 bits per heavy atom. The van der Waals surface area contributed by atoms with Gasteiger partial charge in [-0.1, -0.05) is 11.6 Å². The maximum absolute atomic E-state index is 5.93. The highest BCUT2D eigenvalue weighted by Gasteiger charge is 1.99. The highest BCUT2D eigenvalue weighted by atomic mass is 35.5. The summed E-state index contributed by atoms with van der Waals surface area (Å²) in [4.78, 5) is 12.0. The third-order valence-electron chi connectivity index (χ3n) is 1.84. The van der Waals surface area contributed by atoms with Gasteiger partial charge < -0.3 is 5.32 Å². The molecule has 2 heterocycles. The average molecular weight is 221 g/mol. The molecule has 0 aliphatic carbocycles. The Morgan fingerprint density at radius 2 is 2.13 bits per heavy atom. The Kier molecular flexibility index (Phi) is 3.09. The second-order valence-corrected chi connectivity index (χ2v) is 3.30. The molecule has 0 radical (unpaired) electrons. The summed E-state index contributed by atoms with van der Waals surface area (Å²) in [6.45, 7) is 0.583. The van der Waals surface area contributed by atoms with Crippen LogP contribution in [-0.2, 0) is 6.54 Å². The van der Waals surface area contributed by atoms with E-state index in [0.29, 0.717) is 17.4 Å². The van der Waals surface area contributed by atoms with Crippen molar-refractivity contribution < 1.29 is 0 Å². The fraction of sp³-hybridized carbons (Fsp3) is 0.100. The van der Waals surface area contributed by atoms with Gasteiger partial charge in [0.05, 0.1) is 17.3 Å². The summed E-state index contributed by atoms with van der Waals surface area (Å²) < 4.78 is 0. The second kappa shape index (κ2) is 4.70. The maximum Gasteiger partial charge on any atom is 0.145 e. The highest BCUT2D eigenvalue weighted by Crippen LogP contribution is 2.17. The Hall–Kier alpha value is -1.68. The smallest absolute Gasteiger partial charge is 0.145 e. The van der Waals surface area contributed by atoms with E-state index in [1.165, 1.54) is 6.33 Å². The Morgan fingerprint density at radius 3 is 2.87 bits per heavy atom. The van der Waals surface area contributed by atoms with E-state index in [0.717, 1.165) is 5.69 Å². The monoisotopic (exact) mass is 220 g/mol. The second-order valence-electron chi connectivity index (χ2n) is 2.89. The van der Waals surface area contributed by atoms with Crippen molar-refractivity contribution in [3.05, 3.63) is 47.6 Å². The summed E-state index contributed by atoms with van der Waals surface area (Å²) in [5.41, 5.74) is 0.895. The van der Waals surface area contributed by atoms with E-state index in [1.807, 2.05) is 6.07 Å². The largest absolute Gasteiger partial charge is 0.363 e. The molecule has 2 aromatic rings. The van der Waals surface area contributed by atoms with Crippen LogP contribution in [0.5, 0.6) is 0 Å². The highest BCUT2D eigenvalue weighted by molar-refractivity contribution is 6.32. The van der Waals surface area contributed by atoms with Crippen molar-refractivity contribution in [1.82, 2.24) is 15.0 Å². The SMILES string of the molecule is Clc1cccnc1NCc1ccncn1. The molecule has 1 N–H and O–H groups in total. The van der Waals surface area contributed by atoms with E-state index >= 15 is 0 Å². The van der Waals surface area contributed by atoms with Gasteiger partial charge in [0, 0.05) is 12.4 Å². The number of pyridine rings is 1. The number of hydrogen-bond donors (Lipinski definition) is 1. The first kappa shape index (κ1) is 9.86. The first-order valence-corrected chi connectivity index (χ1v) is 4.83. The average Bonchev–Trinajstić information content (AvgIpc) is 2.29. The molecule has 76 valence electrons. The van der Waals surface area contributed by atoms with Gasteiger partial charge in [0.15, 0.2) is 0 Å². The minimum absolute atomic E-state index is 0.583. The molecule has 0 saturated heterocycles. The summed E-state index contributed by atoms with van der Waals surface area (Å²) in [6.07, 6.45) is 4.90. The van der Waals surface area contributed by atoms with E-state index in [1.54, 1.807) is 24.5 Å². The van der Waals surface area contributed by atoms with Crippen LogP contribution in [-0.4, -0.2) is 15.0 Å². The zero-order valence-corrected chi connectivity index (χ0v) is 8.65. The molecule has 0 aliphatic heterocycles. The van der Waals surface area contributed by atoms with Crippen LogP contribution in [0.1, 0.15) is 5.69 Å². The number of rotatable bonds is 3. The van der Waals surface area contributed by atoms with Crippen LogP contribution < -0.4 is 5.32 Å². The van der Waals surface area contributed by atoms with Crippen molar-refractivity contribution in [3.63, 3.8) is 0 Å². The minimum atomic E-state index is 0.583. The van der Waals surface area contributed by atoms with Crippen LogP contribution in [0, 0.1) is 0 Å². The number of nitrogens with zero attached hydrogens (tertiary/aromatic N) is 3. The normalized spacial score (nSPS) is 9.93. The molecule has 0 saturated carbocycles. The zero-order chi connectivity index (χ0) is 10.5. The lowest BCUT2D eigenvalue weighted by Gasteiger charge is -2.05. The minimum Gasteiger partial charge on any atom is -0.363 e. The molecular formula is C10H9ClN4. The fourth-order valence-electron chi connectivity index (χ4n) is 1.11. The lowest BCUT2D eigenvalue weighted by Crippen LogP contribution is -2.03. The lowest BCUT2D eigenvalue weighted by molar-refractivity contribution is 0.996. The summed E-state index contributed by atoms with van der Waals surface area (Å²) in [5.74, 6) is 0.665. The molecule has 2 aromatic heterocycles. The topological polar surface area (TPSA) is 50.7 Å². The molecule has 5 heteroatoms. The molecule has 0 unspecified atom stereocenters. The molecule has 0 fully saturated rings. The van der Waals surface area contributed by atoms with Gasteiger partial charge in [-0.05, 0) is 18.2 Å². The quantitative estimate of drug-likeness (QED) is 0.861. The third-order valence-corrected chi connectivity index (χ3v) is 2.14. The summed E-state index contributed by atoms with van der Waals surface area (Å²) in [7, 11) is 0. The van der Waals surface area contributed by atoms with E-state index in [9.17, 15) is 0 Å². The number of aromatic nitrogens is 3. The van der Waals surface area contributed by atoms with Gasteiger partial charge in [-0.15, -0.1) is 0 Å². The van der Waals surface area contributed by atoms with Crippen LogP contribution in [0.3, 0.4) is 0 Å². The third kappa shape index (κ3) is 2.63. The van der Waals surface area contributed by atoms with Gasteiger partial charge in [-0.3, -0.25) is 0 Å². The van der Waals surface area contributed by atoms with Crippen LogP contribution in [0.25, 0.3) is 0 Å². The van der Waals surface area contributed by atoms with Gasteiger partial charge in [0.1, 0.15) is 12.1 Å². The van der Waals surface area contributed by atoms with Crippen molar-refractivity contribution in [2.24, 2.45) is 0 Å². The molecular weight excluding hydrogens is 212 g/mol. The Balaban J connectivity index is 2.03. The van der Waals surface area contributed by atoms with Crippen molar-refractivity contribution in [2.75, 3.05) is 5.32 Å². The van der Waals surface area contributed by atoms with E-state index < -0.39 is 0 Å². The van der Waals surface area contributed by atoms with Crippen molar-refractivity contribution in [2.45, 2.75) is 6.54 Å². The predicted molar refractivity (Wildman–Crippen MR) is 58.6 cm³/mol. The first-order valence-electron chi connectivity index (χ1n) is 4.45.